The van der Waals surface area contributed by atoms with Crippen molar-refractivity contribution in [3.8, 4) is 0 Å². The van der Waals surface area contributed by atoms with Crippen LogP contribution in [0.4, 0.5) is 5.69 Å². The molecule has 0 amide bonds. The summed E-state index contributed by atoms with van der Waals surface area (Å²) in [6.07, 6.45) is 0.909. The van der Waals surface area contributed by atoms with E-state index in [1.165, 1.54) is 0 Å². The van der Waals surface area contributed by atoms with Crippen molar-refractivity contribution in [3.63, 3.8) is 0 Å². The van der Waals surface area contributed by atoms with Gasteiger partial charge in [-0.05, 0) is 30.7 Å². The smallest absolute Gasteiger partial charge is 0.214 e. The minimum Gasteiger partial charge on any atom is -0.399 e. The maximum atomic E-state index is 12.5. The van der Waals surface area contributed by atoms with E-state index in [0.29, 0.717) is 5.69 Å². The van der Waals surface area contributed by atoms with Crippen LogP contribution in [0, 0.1) is 0 Å². The molecule has 1 saturated heterocycles. The van der Waals surface area contributed by atoms with E-state index in [9.17, 15) is 4.79 Å². The number of anilines is 1. The minimum absolute atomic E-state index is 0.150. The monoisotopic (exact) mass is 266 g/mol. The van der Waals surface area contributed by atoms with Crippen molar-refractivity contribution in [2.45, 2.75) is 18.6 Å². The molecule has 1 aromatic rings. The lowest BCUT2D eigenvalue weighted by molar-refractivity contribution is 0.0985. The summed E-state index contributed by atoms with van der Waals surface area (Å²) < 4.78 is 5.37. The number of carbonyl (C=O) groups is 1. The molecule has 0 aliphatic carbocycles. The van der Waals surface area contributed by atoms with Crippen LogP contribution in [-0.2, 0) is 15.6 Å². The first-order valence-corrected chi connectivity index (χ1v) is 7.98. The van der Waals surface area contributed by atoms with E-state index in [1.807, 2.05) is 12.1 Å². The lowest BCUT2D eigenvalue weighted by atomic mass is 10.1. The fourth-order valence-electron chi connectivity index (χ4n) is 2.23. The maximum Gasteiger partial charge on any atom is 0.214 e. The van der Waals surface area contributed by atoms with Gasteiger partial charge < -0.3 is 10.5 Å². The molecule has 0 saturated carbocycles. The Bertz CT molecular complexity index is 399. The van der Waals surface area contributed by atoms with Crippen molar-refractivity contribution in [1.29, 1.82) is 0 Å². The van der Waals surface area contributed by atoms with Crippen LogP contribution in [0.25, 0.3) is 0 Å². The van der Waals surface area contributed by atoms with Crippen LogP contribution >= 0.6 is 0 Å². The normalized spacial score (nSPS) is 18.5. The van der Waals surface area contributed by atoms with Crippen molar-refractivity contribution in [3.05, 3.63) is 29.8 Å². The fraction of sp³-hybridized carbons (Fsp3) is 0.500. The van der Waals surface area contributed by atoms with Gasteiger partial charge in [0.1, 0.15) is 11.5 Å². The van der Waals surface area contributed by atoms with Gasteiger partial charge in [0.2, 0.25) is 5.78 Å². The molecule has 4 heteroatoms. The highest BCUT2D eigenvalue weighted by atomic mass is 32.2. The summed E-state index contributed by atoms with van der Waals surface area (Å²) in [6, 6.07) is 7.27. The van der Waals surface area contributed by atoms with Gasteiger partial charge in [-0.25, -0.2) is 0 Å². The molecule has 18 heavy (non-hydrogen) atoms. The molecular formula is C14H20NO2S+. The standard InChI is InChI=1S/C14H19NO2S/c1-2-13(18-9-7-17-8-10-18)14(16)11-3-5-12(15)6-4-11/h3-6,13H,2,7-10H2,1H3,(H-,15,16)/p+1. The Morgan fingerprint density at radius 1 is 1.33 bits per heavy atom. The summed E-state index contributed by atoms with van der Waals surface area (Å²) in [5, 5.41) is 0.150. The highest BCUT2D eigenvalue weighted by molar-refractivity contribution is 7.98. The molecule has 1 heterocycles. The average Bonchev–Trinajstić information content (AvgIpc) is 2.41. The third kappa shape index (κ3) is 3.06. The Morgan fingerprint density at radius 3 is 2.50 bits per heavy atom. The Hall–Kier alpha value is -1.00. The number of hydrogen-bond donors (Lipinski definition) is 1. The number of nitrogens with two attached hydrogens (primary N) is 1. The molecule has 1 aliphatic heterocycles. The van der Waals surface area contributed by atoms with Gasteiger partial charge in [0, 0.05) is 22.1 Å². The van der Waals surface area contributed by atoms with E-state index in [-0.39, 0.29) is 21.9 Å². The number of hydrogen-bond acceptors (Lipinski definition) is 3. The summed E-state index contributed by atoms with van der Waals surface area (Å²) in [4.78, 5) is 12.5. The minimum atomic E-state index is 0.150. The molecule has 1 aliphatic rings. The van der Waals surface area contributed by atoms with Crippen LogP contribution in [0.2, 0.25) is 0 Å². The molecule has 3 nitrogen and oxygen atoms in total. The van der Waals surface area contributed by atoms with Crippen LogP contribution in [0.15, 0.2) is 24.3 Å². The first-order chi connectivity index (χ1) is 8.72. The number of carbonyl (C=O) groups excluding carboxylic acids is 1. The second-order valence-electron chi connectivity index (χ2n) is 4.44. The fourth-order valence-corrected chi connectivity index (χ4v) is 4.57. The lowest BCUT2D eigenvalue weighted by Gasteiger charge is -2.21. The van der Waals surface area contributed by atoms with E-state index in [2.05, 4.69) is 6.92 Å². The van der Waals surface area contributed by atoms with E-state index in [4.69, 9.17) is 10.5 Å². The van der Waals surface area contributed by atoms with Crippen molar-refractivity contribution in [2.75, 3.05) is 30.5 Å². The predicted molar refractivity (Wildman–Crippen MR) is 77.2 cm³/mol. The zero-order valence-electron chi connectivity index (χ0n) is 10.7. The van der Waals surface area contributed by atoms with Crippen molar-refractivity contribution in [2.24, 2.45) is 0 Å². The SMILES string of the molecule is CCC(C(=O)c1ccc(N)cc1)[S+]1CCOCC1. The molecule has 1 aromatic carbocycles. The van der Waals surface area contributed by atoms with Gasteiger partial charge in [-0.1, -0.05) is 6.92 Å². The predicted octanol–water partition coefficient (Wildman–Crippen LogP) is 1.88. The molecule has 1 atom stereocenters. The zero-order chi connectivity index (χ0) is 13.0. The molecule has 0 aromatic heterocycles. The van der Waals surface area contributed by atoms with E-state index < -0.39 is 0 Å². The average molecular weight is 266 g/mol. The molecule has 0 spiro atoms. The lowest BCUT2D eigenvalue weighted by Crippen LogP contribution is -2.39. The van der Waals surface area contributed by atoms with Gasteiger partial charge in [0.05, 0.1) is 13.2 Å². The zero-order valence-corrected chi connectivity index (χ0v) is 11.5. The van der Waals surface area contributed by atoms with Gasteiger partial charge in [-0.15, -0.1) is 0 Å². The highest BCUT2D eigenvalue weighted by Crippen LogP contribution is 2.19. The summed E-state index contributed by atoms with van der Waals surface area (Å²) >= 11 is 0. The summed E-state index contributed by atoms with van der Waals surface area (Å²) in [5.74, 6) is 2.32. The summed E-state index contributed by atoms with van der Waals surface area (Å²) in [6.45, 7) is 3.70. The number of ether oxygens (including phenoxy) is 1. The number of ketones is 1. The van der Waals surface area contributed by atoms with Gasteiger partial charge in [0.25, 0.3) is 0 Å². The second kappa shape index (κ2) is 6.25. The van der Waals surface area contributed by atoms with Gasteiger partial charge in [-0.3, -0.25) is 4.79 Å². The number of Topliss-reactive ketones (excluding diaryl/α,β-unsaturated/α-hetero) is 1. The van der Waals surface area contributed by atoms with Crippen LogP contribution < -0.4 is 5.73 Å². The van der Waals surface area contributed by atoms with E-state index in [1.54, 1.807) is 12.1 Å². The molecule has 98 valence electrons. The van der Waals surface area contributed by atoms with Crippen LogP contribution in [0.1, 0.15) is 23.7 Å². The van der Waals surface area contributed by atoms with Crippen molar-refractivity contribution < 1.29 is 9.53 Å². The molecular weight excluding hydrogens is 246 g/mol. The van der Waals surface area contributed by atoms with Crippen LogP contribution in [-0.4, -0.2) is 35.8 Å². The molecule has 2 N–H and O–H groups in total. The Morgan fingerprint density at radius 2 is 1.94 bits per heavy atom. The van der Waals surface area contributed by atoms with Gasteiger partial charge in [-0.2, -0.15) is 0 Å². The van der Waals surface area contributed by atoms with Gasteiger partial charge >= 0.3 is 0 Å². The third-order valence-corrected chi connectivity index (χ3v) is 5.97. The van der Waals surface area contributed by atoms with Crippen LogP contribution in [0.3, 0.4) is 0 Å². The quantitative estimate of drug-likeness (QED) is 0.514. The number of rotatable bonds is 4. The molecule has 1 unspecified atom stereocenters. The number of nitrogen functional groups attached to an aromatic ring is 1. The Kier molecular flexibility index (Phi) is 4.66. The molecule has 0 radical (unpaired) electrons. The Labute approximate surface area is 111 Å². The summed E-state index contributed by atoms with van der Waals surface area (Å²) in [5.41, 5.74) is 7.14. The summed E-state index contributed by atoms with van der Waals surface area (Å²) in [7, 11) is 0.176. The highest BCUT2D eigenvalue weighted by Gasteiger charge is 2.37. The van der Waals surface area contributed by atoms with Crippen LogP contribution in [0.5, 0.6) is 0 Å². The van der Waals surface area contributed by atoms with Crippen molar-refractivity contribution in [1.82, 2.24) is 0 Å². The van der Waals surface area contributed by atoms with Crippen molar-refractivity contribution >= 4 is 22.4 Å². The first-order valence-electron chi connectivity index (χ1n) is 6.36. The Balaban J connectivity index is 2.11. The number of benzene rings is 1. The van der Waals surface area contributed by atoms with E-state index in [0.717, 1.165) is 36.7 Å². The first kappa shape index (κ1) is 13.4. The second-order valence-corrected chi connectivity index (χ2v) is 6.90. The van der Waals surface area contributed by atoms with E-state index >= 15 is 0 Å². The largest absolute Gasteiger partial charge is 0.399 e. The molecule has 2 rings (SSSR count). The third-order valence-electron chi connectivity index (χ3n) is 3.24. The topological polar surface area (TPSA) is 52.3 Å². The van der Waals surface area contributed by atoms with Gasteiger partial charge in [0.15, 0.2) is 5.25 Å². The molecule has 1 fully saturated rings. The maximum absolute atomic E-state index is 12.5. The molecule has 0 bridgehead atoms.